The number of aromatic nitrogens is 1. The summed E-state index contributed by atoms with van der Waals surface area (Å²) >= 11 is 0. The minimum absolute atomic E-state index is 0.179. The molecule has 5 rings (SSSR count). The molecule has 2 aliphatic heterocycles. The van der Waals surface area contributed by atoms with Gasteiger partial charge < -0.3 is 9.47 Å². The van der Waals surface area contributed by atoms with Gasteiger partial charge in [-0.15, -0.1) is 0 Å². The van der Waals surface area contributed by atoms with Crippen molar-refractivity contribution < 1.29 is 4.79 Å². The summed E-state index contributed by atoms with van der Waals surface area (Å²) in [7, 11) is 0. The topological polar surface area (TPSA) is 28.5 Å². The van der Waals surface area contributed by atoms with E-state index in [1.807, 2.05) is 18.2 Å². The normalized spacial score (nSPS) is 26.5. The van der Waals surface area contributed by atoms with Crippen LogP contribution >= 0.6 is 0 Å². The molecule has 2 atom stereocenters. The monoisotopic (exact) mass is 321 g/mol. The molecular formula is C20H23N3O. The third kappa shape index (κ3) is 2.37. The molecule has 24 heavy (non-hydrogen) atoms. The van der Waals surface area contributed by atoms with Crippen LogP contribution in [0.3, 0.4) is 0 Å². The highest BCUT2D eigenvalue weighted by Gasteiger charge is 2.45. The average Bonchev–Trinajstić information content (AvgIpc) is 3.10. The molecule has 1 saturated heterocycles. The van der Waals surface area contributed by atoms with Crippen LogP contribution in [-0.4, -0.2) is 46.0 Å². The third-order valence-electron chi connectivity index (χ3n) is 5.76. The predicted molar refractivity (Wildman–Crippen MR) is 92.7 cm³/mol. The lowest BCUT2D eigenvalue weighted by Gasteiger charge is -2.38. The fourth-order valence-electron chi connectivity index (χ4n) is 4.37. The van der Waals surface area contributed by atoms with E-state index >= 15 is 0 Å². The molecule has 0 radical (unpaired) electrons. The van der Waals surface area contributed by atoms with E-state index in [9.17, 15) is 4.79 Å². The lowest BCUT2D eigenvalue weighted by Crippen LogP contribution is -2.49. The van der Waals surface area contributed by atoms with Crippen molar-refractivity contribution in [2.45, 2.75) is 31.5 Å². The summed E-state index contributed by atoms with van der Waals surface area (Å²) < 4.78 is 2.22. The smallest absolute Gasteiger partial charge is 0.271 e. The molecule has 0 N–H and O–H groups in total. The molecule has 3 heterocycles. The first-order valence-corrected chi connectivity index (χ1v) is 9.03. The standard InChI is InChI=1S/C20H23N3O/c24-20-17-7-4-10-22(17)18-13-21(11-16-8-9-16)14-19(18)23(20)12-15-5-2-1-3-6-15/h1-7,10,16,18-19H,8-9,11-14H2. The van der Waals surface area contributed by atoms with Gasteiger partial charge in [0, 0.05) is 32.4 Å². The van der Waals surface area contributed by atoms with E-state index in [1.165, 1.54) is 24.9 Å². The number of carbonyl (C=O) groups excluding carboxylic acids is 1. The second-order valence-corrected chi connectivity index (χ2v) is 7.52. The van der Waals surface area contributed by atoms with Crippen molar-refractivity contribution in [3.8, 4) is 0 Å². The molecule has 2 fully saturated rings. The molecule has 0 bridgehead atoms. The van der Waals surface area contributed by atoms with Crippen molar-refractivity contribution >= 4 is 5.91 Å². The van der Waals surface area contributed by atoms with Crippen molar-refractivity contribution in [2.24, 2.45) is 5.92 Å². The molecule has 2 unspecified atom stereocenters. The second-order valence-electron chi connectivity index (χ2n) is 7.52. The molecule has 1 amide bonds. The van der Waals surface area contributed by atoms with Crippen molar-refractivity contribution in [1.82, 2.24) is 14.4 Å². The lowest BCUT2D eigenvalue weighted by atomic mass is 10.0. The van der Waals surface area contributed by atoms with Gasteiger partial charge in [0.25, 0.3) is 5.91 Å². The zero-order chi connectivity index (χ0) is 16.1. The summed E-state index contributed by atoms with van der Waals surface area (Å²) in [5.74, 6) is 1.07. The number of nitrogens with zero attached hydrogens (tertiary/aromatic N) is 3. The fourth-order valence-corrected chi connectivity index (χ4v) is 4.37. The van der Waals surface area contributed by atoms with Crippen molar-refractivity contribution in [1.29, 1.82) is 0 Å². The van der Waals surface area contributed by atoms with Gasteiger partial charge in [-0.3, -0.25) is 9.69 Å². The van der Waals surface area contributed by atoms with Crippen LogP contribution in [0.5, 0.6) is 0 Å². The van der Waals surface area contributed by atoms with Gasteiger partial charge in [-0.25, -0.2) is 0 Å². The zero-order valence-corrected chi connectivity index (χ0v) is 13.8. The maximum Gasteiger partial charge on any atom is 0.271 e. The van der Waals surface area contributed by atoms with Crippen LogP contribution in [0.15, 0.2) is 48.7 Å². The third-order valence-corrected chi connectivity index (χ3v) is 5.76. The Morgan fingerprint density at radius 2 is 1.75 bits per heavy atom. The molecule has 1 aromatic carbocycles. The molecule has 0 spiro atoms. The van der Waals surface area contributed by atoms with Gasteiger partial charge in [0.05, 0.1) is 12.1 Å². The van der Waals surface area contributed by atoms with E-state index in [2.05, 4.69) is 44.8 Å². The minimum atomic E-state index is 0.179. The van der Waals surface area contributed by atoms with Gasteiger partial charge in [0.2, 0.25) is 0 Å². The highest BCUT2D eigenvalue weighted by atomic mass is 16.2. The van der Waals surface area contributed by atoms with Crippen molar-refractivity contribution in [2.75, 3.05) is 19.6 Å². The first-order chi connectivity index (χ1) is 11.8. The fraction of sp³-hybridized carbons (Fsp3) is 0.450. The van der Waals surface area contributed by atoms with E-state index in [0.717, 1.165) is 24.7 Å². The number of fused-ring (bicyclic) bond motifs is 3. The van der Waals surface area contributed by atoms with Crippen molar-refractivity contribution in [3.05, 3.63) is 59.9 Å². The number of amides is 1. The number of hydrogen-bond acceptors (Lipinski definition) is 2. The highest BCUT2D eigenvalue weighted by Crippen LogP contribution is 2.37. The van der Waals surface area contributed by atoms with E-state index in [-0.39, 0.29) is 11.9 Å². The number of carbonyl (C=O) groups is 1. The number of rotatable bonds is 4. The Hall–Kier alpha value is -2.07. The van der Waals surface area contributed by atoms with Crippen molar-refractivity contribution in [3.63, 3.8) is 0 Å². The van der Waals surface area contributed by atoms with E-state index < -0.39 is 0 Å². The average molecular weight is 321 g/mol. The molecule has 3 aliphatic rings. The summed E-state index contributed by atoms with van der Waals surface area (Å²) in [6.45, 7) is 4.00. The van der Waals surface area contributed by atoms with E-state index in [4.69, 9.17) is 0 Å². The lowest BCUT2D eigenvalue weighted by molar-refractivity contribution is 0.0557. The van der Waals surface area contributed by atoms with Gasteiger partial charge in [-0.05, 0) is 36.5 Å². The number of benzene rings is 1. The molecule has 1 aromatic heterocycles. The molecular weight excluding hydrogens is 298 g/mol. The Bertz CT molecular complexity index is 749. The van der Waals surface area contributed by atoms with E-state index in [0.29, 0.717) is 12.6 Å². The van der Waals surface area contributed by atoms with Gasteiger partial charge in [0.1, 0.15) is 5.69 Å². The Kier molecular flexibility index (Phi) is 3.27. The van der Waals surface area contributed by atoms with Gasteiger partial charge in [0.15, 0.2) is 0 Å². The SMILES string of the molecule is O=C1c2cccn2C2CN(CC3CC3)CC2N1Cc1ccccc1. The van der Waals surface area contributed by atoms with Crippen LogP contribution in [0, 0.1) is 5.92 Å². The summed E-state index contributed by atoms with van der Waals surface area (Å²) in [5, 5.41) is 0. The summed E-state index contributed by atoms with van der Waals surface area (Å²) in [6.07, 6.45) is 4.85. The van der Waals surface area contributed by atoms with Crippen LogP contribution in [-0.2, 0) is 6.54 Å². The molecule has 4 nitrogen and oxygen atoms in total. The Morgan fingerprint density at radius 3 is 2.54 bits per heavy atom. The van der Waals surface area contributed by atoms with Crippen LogP contribution in [0.4, 0.5) is 0 Å². The number of likely N-dealkylation sites (tertiary alicyclic amines) is 1. The van der Waals surface area contributed by atoms with Gasteiger partial charge in [-0.1, -0.05) is 30.3 Å². The summed E-state index contributed by atoms with van der Waals surface area (Å²) in [6, 6.07) is 15.0. The Labute approximate surface area is 142 Å². The Morgan fingerprint density at radius 1 is 0.958 bits per heavy atom. The first kappa shape index (κ1) is 14.3. The summed E-state index contributed by atoms with van der Waals surface area (Å²) in [4.78, 5) is 17.7. The molecule has 4 heteroatoms. The molecule has 1 aliphatic carbocycles. The van der Waals surface area contributed by atoms with Crippen LogP contribution in [0.2, 0.25) is 0 Å². The largest absolute Gasteiger partial charge is 0.337 e. The maximum absolute atomic E-state index is 13.1. The van der Waals surface area contributed by atoms with Crippen LogP contribution < -0.4 is 0 Å². The first-order valence-electron chi connectivity index (χ1n) is 9.03. The highest BCUT2D eigenvalue weighted by molar-refractivity contribution is 5.94. The van der Waals surface area contributed by atoms with E-state index in [1.54, 1.807) is 0 Å². The van der Waals surface area contributed by atoms with Crippen LogP contribution in [0.1, 0.15) is 34.9 Å². The number of hydrogen-bond donors (Lipinski definition) is 0. The molecule has 2 aromatic rings. The molecule has 1 saturated carbocycles. The molecule has 124 valence electrons. The predicted octanol–water partition coefficient (Wildman–Crippen LogP) is 2.78. The zero-order valence-electron chi connectivity index (χ0n) is 13.8. The quantitative estimate of drug-likeness (QED) is 0.866. The Balaban J connectivity index is 1.46. The maximum atomic E-state index is 13.1. The minimum Gasteiger partial charge on any atom is -0.337 e. The van der Waals surface area contributed by atoms with Gasteiger partial charge >= 0.3 is 0 Å². The van der Waals surface area contributed by atoms with Crippen LogP contribution in [0.25, 0.3) is 0 Å². The summed E-state index contributed by atoms with van der Waals surface area (Å²) in [5.41, 5.74) is 2.06. The second kappa shape index (κ2) is 5.49. The van der Waals surface area contributed by atoms with Gasteiger partial charge in [-0.2, -0.15) is 0 Å².